The zero-order valence-electron chi connectivity index (χ0n) is 12.1. The molecule has 21 heavy (non-hydrogen) atoms. The number of benzene rings is 1. The third-order valence-corrected chi connectivity index (χ3v) is 4.11. The predicted molar refractivity (Wildman–Crippen MR) is 90.5 cm³/mol. The highest BCUT2D eigenvalue weighted by Gasteiger charge is 2.20. The Morgan fingerprint density at radius 2 is 1.90 bits per heavy atom. The summed E-state index contributed by atoms with van der Waals surface area (Å²) in [4.78, 5) is 10.3. The molecule has 6 nitrogen and oxygen atoms in total. The smallest absolute Gasteiger partial charge is 0.269 e. The molecule has 0 radical (unpaired) electrons. The Kier molecular flexibility index (Phi) is 4.22. The van der Waals surface area contributed by atoms with E-state index in [2.05, 4.69) is 48.5 Å². The topological polar surface area (TPSA) is 87.0 Å². The minimum absolute atomic E-state index is 0.0501. The highest BCUT2D eigenvalue weighted by molar-refractivity contribution is 14.1. The molecule has 0 amide bonds. The average molecular weight is 400 g/mol. The number of nitrogens with two attached hydrogens (primary N) is 1. The largest absolute Gasteiger partial charge is 0.383 e. The Labute approximate surface area is 136 Å². The number of hydrogen-bond donors (Lipinski definition) is 1. The number of nitrogens with zero attached hydrogens (tertiary/aromatic N) is 3. The quantitative estimate of drug-likeness (QED) is 0.485. The van der Waals surface area contributed by atoms with Crippen molar-refractivity contribution in [1.82, 2.24) is 9.78 Å². The first-order valence-corrected chi connectivity index (χ1v) is 7.54. The van der Waals surface area contributed by atoms with Gasteiger partial charge in [-0.15, -0.1) is 0 Å². The van der Waals surface area contributed by atoms with E-state index in [0.717, 1.165) is 21.4 Å². The Balaban J connectivity index is 2.40. The summed E-state index contributed by atoms with van der Waals surface area (Å²) in [6.45, 7) is 6.43. The van der Waals surface area contributed by atoms with Gasteiger partial charge in [0.2, 0.25) is 0 Å². The summed E-state index contributed by atoms with van der Waals surface area (Å²) in [6.07, 6.45) is 0.815. The molecule has 0 aliphatic rings. The number of halogens is 1. The van der Waals surface area contributed by atoms with Crippen molar-refractivity contribution in [2.45, 2.75) is 27.2 Å². The molecule has 0 unspecified atom stereocenters. The Hall–Kier alpha value is -1.64. The molecule has 0 fully saturated rings. The monoisotopic (exact) mass is 400 g/mol. The Bertz CT molecular complexity index is 672. The standard InChI is InChI=1S/C14H17IN4O2/c1-14(2,3)8-11-12(15)13(16)18(17-11)9-4-6-10(7-5-9)19(20)21/h4-7H,8,16H2,1-3H3. The van der Waals surface area contributed by atoms with Gasteiger partial charge in [-0.3, -0.25) is 10.1 Å². The molecule has 2 rings (SSSR count). The third-order valence-electron chi connectivity index (χ3n) is 2.93. The second-order valence-electron chi connectivity index (χ2n) is 6.07. The molecule has 1 aromatic heterocycles. The van der Waals surface area contributed by atoms with Crippen molar-refractivity contribution in [1.29, 1.82) is 0 Å². The maximum atomic E-state index is 10.7. The van der Waals surface area contributed by atoms with Crippen LogP contribution in [0.5, 0.6) is 0 Å². The van der Waals surface area contributed by atoms with Gasteiger partial charge < -0.3 is 5.73 Å². The summed E-state index contributed by atoms with van der Waals surface area (Å²) in [7, 11) is 0. The molecular formula is C14H17IN4O2. The van der Waals surface area contributed by atoms with Crippen molar-refractivity contribution < 1.29 is 4.92 Å². The zero-order valence-corrected chi connectivity index (χ0v) is 14.3. The van der Waals surface area contributed by atoms with E-state index in [1.54, 1.807) is 16.8 Å². The minimum Gasteiger partial charge on any atom is -0.383 e. The van der Waals surface area contributed by atoms with Crippen molar-refractivity contribution in [2.75, 3.05) is 5.73 Å². The van der Waals surface area contributed by atoms with Crippen LogP contribution in [-0.4, -0.2) is 14.7 Å². The highest BCUT2D eigenvalue weighted by Crippen LogP contribution is 2.28. The van der Waals surface area contributed by atoms with Crippen LogP contribution in [0.15, 0.2) is 24.3 Å². The SMILES string of the molecule is CC(C)(C)Cc1nn(-c2ccc([N+](=O)[O-])cc2)c(N)c1I. The van der Waals surface area contributed by atoms with E-state index >= 15 is 0 Å². The maximum Gasteiger partial charge on any atom is 0.269 e. The lowest BCUT2D eigenvalue weighted by Crippen LogP contribution is -2.10. The van der Waals surface area contributed by atoms with Gasteiger partial charge in [0, 0.05) is 12.1 Å². The van der Waals surface area contributed by atoms with Gasteiger partial charge in [-0.05, 0) is 46.6 Å². The van der Waals surface area contributed by atoms with Gasteiger partial charge in [0.05, 0.1) is 19.9 Å². The fourth-order valence-electron chi connectivity index (χ4n) is 1.99. The lowest BCUT2D eigenvalue weighted by Gasteiger charge is -2.16. The molecule has 112 valence electrons. The molecular weight excluding hydrogens is 383 g/mol. The van der Waals surface area contributed by atoms with E-state index in [0.29, 0.717) is 5.82 Å². The van der Waals surface area contributed by atoms with Crippen molar-refractivity contribution in [3.8, 4) is 5.69 Å². The molecule has 0 atom stereocenters. The van der Waals surface area contributed by atoms with E-state index in [4.69, 9.17) is 5.73 Å². The molecule has 0 saturated heterocycles. The average Bonchev–Trinajstić information content (AvgIpc) is 2.65. The van der Waals surface area contributed by atoms with Crippen molar-refractivity contribution >= 4 is 34.1 Å². The lowest BCUT2D eigenvalue weighted by atomic mass is 9.91. The molecule has 0 bridgehead atoms. The van der Waals surface area contributed by atoms with Crippen LogP contribution < -0.4 is 5.73 Å². The number of nitro groups is 1. The zero-order chi connectivity index (χ0) is 15.8. The van der Waals surface area contributed by atoms with E-state index in [1.165, 1.54) is 12.1 Å². The molecule has 0 aliphatic heterocycles. The first-order valence-electron chi connectivity index (χ1n) is 6.47. The molecule has 2 N–H and O–H groups in total. The van der Waals surface area contributed by atoms with Crippen LogP contribution in [0.2, 0.25) is 0 Å². The molecule has 1 heterocycles. The molecule has 1 aromatic carbocycles. The number of nitrogen functional groups attached to an aromatic ring is 1. The van der Waals surface area contributed by atoms with Gasteiger partial charge in [0.1, 0.15) is 5.82 Å². The lowest BCUT2D eigenvalue weighted by molar-refractivity contribution is -0.384. The molecule has 2 aromatic rings. The van der Waals surface area contributed by atoms with Crippen LogP contribution in [-0.2, 0) is 6.42 Å². The van der Waals surface area contributed by atoms with E-state index in [1.807, 2.05) is 0 Å². The van der Waals surface area contributed by atoms with Crippen LogP contribution in [0, 0.1) is 19.1 Å². The number of hydrogen-bond acceptors (Lipinski definition) is 4. The Morgan fingerprint density at radius 1 is 1.33 bits per heavy atom. The number of rotatable bonds is 3. The first kappa shape index (κ1) is 15.7. The molecule has 7 heteroatoms. The predicted octanol–water partition coefficient (Wildman–Crippen LogP) is 3.56. The van der Waals surface area contributed by atoms with Gasteiger partial charge in [0.25, 0.3) is 5.69 Å². The number of aromatic nitrogens is 2. The minimum atomic E-state index is -0.426. The molecule has 0 spiro atoms. The van der Waals surface area contributed by atoms with Crippen LogP contribution >= 0.6 is 22.6 Å². The number of anilines is 1. The second kappa shape index (κ2) is 5.63. The normalized spacial score (nSPS) is 11.6. The summed E-state index contributed by atoms with van der Waals surface area (Å²) in [5.41, 5.74) is 7.94. The van der Waals surface area contributed by atoms with Crippen LogP contribution in [0.3, 0.4) is 0 Å². The molecule has 0 aliphatic carbocycles. The van der Waals surface area contributed by atoms with E-state index in [9.17, 15) is 10.1 Å². The third kappa shape index (κ3) is 3.52. The van der Waals surface area contributed by atoms with Crippen LogP contribution in [0.4, 0.5) is 11.5 Å². The summed E-state index contributed by atoms with van der Waals surface area (Å²) < 4.78 is 2.56. The van der Waals surface area contributed by atoms with E-state index < -0.39 is 4.92 Å². The number of non-ortho nitro benzene ring substituents is 1. The summed E-state index contributed by atoms with van der Waals surface area (Å²) in [5.74, 6) is 0.559. The van der Waals surface area contributed by atoms with Crippen LogP contribution in [0.25, 0.3) is 5.69 Å². The molecule has 0 saturated carbocycles. The number of nitro benzene ring substituents is 1. The summed E-state index contributed by atoms with van der Waals surface area (Å²) >= 11 is 2.19. The highest BCUT2D eigenvalue weighted by atomic mass is 127. The van der Waals surface area contributed by atoms with Gasteiger partial charge in [0.15, 0.2) is 0 Å². The van der Waals surface area contributed by atoms with Crippen LogP contribution in [0.1, 0.15) is 26.5 Å². The second-order valence-corrected chi connectivity index (χ2v) is 7.15. The fraction of sp³-hybridized carbons (Fsp3) is 0.357. The fourth-order valence-corrected chi connectivity index (χ4v) is 2.51. The summed E-state index contributed by atoms with van der Waals surface area (Å²) in [6, 6.07) is 6.20. The maximum absolute atomic E-state index is 10.7. The summed E-state index contributed by atoms with van der Waals surface area (Å²) in [5, 5.41) is 15.2. The van der Waals surface area contributed by atoms with Crippen molar-refractivity contribution in [2.24, 2.45) is 5.41 Å². The van der Waals surface area contributed by atoms with E-state index in [-0.39, 0.29) is 11.1 Å². The van der Waals surface area contributed by atoms with Gasteiger partial charge in [-0.25, -0.2) is 4.68 Å². The van der Waals surface area contributed by atoms with Crippen molar-refractivity contribution in [3.05, 3.63) is 43.6 Å². The van der Waals surface area contributed by atoms with Gasteiger partial charge in [-0.1, -0.05) is 20.8 Å². The van der Waals surface area contributed by atoms with Gasteiger partial charge in [-0.2, -0.15) is 5.10 Å². The first-order chi connectivity index (χ1) is 9.69. The Morgan fingerprint density at radius 3 is 2.38 bits per heavy atom. The van der Waals surface area contributed by atoms with Gasteiger partial charge >= 0.3 is 0 Å². The van der Waals surface area contributed by atoms with Crippen molar-refractivity contribution in [3.63, 3.8) is 0 Å².